The topological polar surface area (TPSA) is 160 Å². The van der Waals surface area contributed by atoms with Crippen LogP contribution < -0.4 is 28.7 Å². The number of carbonyl (C=O) groups is 4. The Labute approximate surface area is 387 Å². The third-order valence-corrected chi connectivity index (χ3v) is 11.9. The average molecular weight is 923 g/mol. The maximum absolute atomic E-state index is 11.9. The molecule has 0 radical (unpaired) electrons. The number of nitrogens with zero attached hydrogens (tertiary/aromatic N) is 4. The molecule has 0 saturated heterocycles. The number of thiazole rings is 2. The van der Waals surface area contributed by atoms with E-state index in [1.54, 1.807) is 43.3 Å². The van der Waals surface area contributed by atoms with Gasteiger partial charge in [0.25, 0.3) is 0 Å². The van der Waals surface area contributed by atoms with Crippen molar-refractivity contribution in [1.29, 1.82) is 0 Å². The quantitative estimate of drug-likeness (QED) is 0.0535. The molecule has 0 aliphatic carbocycles. The normalized spacial score (nSPS) is 10.3. The predicted molar refractivity (Wildman–Crippen MR) is 236 cm³/mol. The van der Waals surface area contributed by atoms with Gasteiger partial charge in [-0.05, 0) is 42.3 Å². The van der Waals surface area contributed by atoms with Gasteiger partial charge in [-0.15, -0.1) is 0 Å². The largest absolute Gasteiger partial charge is 1.00 e. The summed E-state index contributed by atoms with van der Waals surface area (Å²) in [5.74, 6) is -1.16. The Kier molecular flexibility index (Phi) is 20.8. The summed E-state index contributed by atoms with van der Waals surface area (Å²) in [6, 6.07) is 29.8. The molecule has 0 aliphatic rings. The molecule has 0 unspecified atom stereocenters. The van der Waals surface area contributed by atoms with Gasteiger partial charge < -0.3 is 25.1 Å². The second-order valence-electron chi connectivity index (χ2n) is 12.4. The number of ether oxygens (including phenoxy) is 1. The summed E-state index contributed by atoms with van der Waals surface area (Å²) in [5, 5.41) is 11.9. The van der Waals surface area contributed by atoms with Gasteiger partial charge >= 0.3 is 30.8 Å². The van der Waals surface area contributed by atoms with Gasteiger partial charge in [0.15, 0.2) is 22.8 Å². The van der Waals surface area contributed by atoms with Crippen molar-refractivity contribution in [3.05, 3.63) is 138 Å². The number of aromatic nitrogens is 2. The molecule has 2 heterocycles. The molecular weight excluding hydrogens is 885 g/mol. The summed E-state index contributed by atoms with van der Waals surface area (Å²) < 4.78 is 5.06. The van der Waals surface area contributed by atoms with Gasteiger partial charge in [0.05, 0.1) is 60.7 Å². The van der Waals surface area contributed by atoms with Crippen molar-refractivity contribution in [3.63, 3.8) is 0 Å². The Bertz CT molecular complexity index is 2350. The van der Waals surface area contributed by atoms with E-state index in [1.165, 1.54) is 22.7 Å². The van der Waals surface area contributed by atoms with Crippen LogP contribution in [0.1, 0.15) is 50.2 Å². The number of hydrogen-bond donors (Lipinski definition) is 1. The minimum absolute atomic E-state index is 0. The fourth-order valence-corrected chi connectivity index (χ4v) is 8.00. The Morgan fingerprint density at radius 3 is 1.45 bits per heavy atom. The van der Waals surface area contributed by atoms with Crippen LogP contribution >= 0.6 is 69.1 Å². The van der Waals surface area contributed by atoms with Crippen LogP contribution in [-0.2, 0) is 27.4 Å². The van der Waals surface area contributed by atoms with Crippen molar-refractivity contribution < 1.29 is 53.4 Å². The number of aldehydes is 2. The zero-order valence-electron chi connectivity index (χ0n) is 32.4. The number of carboxylic acid groups (broad SMARTS) is 1. The van der Waals surface area contributed by atoms with Crippen LogP contribution in [0, 0.1) is 0 Å². The third kappa shape index (κ3) is 14.2. The Morgan fingerprint density at radius 2 is 1.08 bits per heavy atom. The first-order valence-corrected chi connectivity index (χ1v) is 20.9. The molecule has 0 spiro atoms. The van der Waals surface area contributed by atoms with Gasteiger partial charge in [0, 0.05) is 37.3 Å². The van der Waals surface area contributed by atoms with Gasteiger partial charge in [-0.3, -0.25) is 19.2 Å². The van der Waals surface area contributed by atoms with Crippen LogP contribution in [-0.4, -0.2) is 64.8 Å². The molecule has 0 amide bonds. The third-order valence-electron chi connectivity index (χ3n) is 8.34. The Morgan fingerprint density at radius 1 is 0.667 bits per heavy atom. The summed E-state index contributed by atoms with van der Waals surface area (Å²) in [6.07, 6.45) is 1.71. The maximum Gasteiger partial charge on any atom is 1.00 e. The van der Waals surface area contributed by atoms with Crippen molar-refractivity contribution in [3.8, 4) is 22.5 Å². The smallest absolute Gasteiger partial charge is 0.870 e. The van der Waals surface area contributed by atoms with Crippen LogP contribution in [0.2, 0.25) is 20.1 Å². The molecule has 0 atom stereocenters. The van der Waals surface area contributed by atoms with E-state index >= 15 is 0 Å². The Hall–Kier alpha value is -4.26. The molecule has 0 bridgehead atoms. The minimum Gasteiger partial charge on any atom is -0.870 e. The zero-order chi connectivity index (χ0) is 41.6. The standard InChI is InChI=1S/C22H20Cl2N2O3S.C20H16Cl2N2O3S.Li.H2O/c1-2-29-20(28)10-11-26(13-15-6-4-3-5-7-15)22-25-21(19(14-27)30-22)16-8-9-17(23)18(24)12-16;21-15-7-6-14(10-16(15)22)19-17(12-25)28-20(23-19)24(9-8-18(26)27)11-13-4-2-1-3-5-13;;/h3-9,12,14H,2,10-11,13H2,1H3;1-7,10,12H,8-9,11H2,(H,26,27);;1H2/q;;+1;/p-1. The summed E-state index contributed by atoms with van der Waals surface area (Å²) >= 11 is 26.7. The molecule has 0 fully saturated rings. The van der Waals surface area contributed by atoms with E-state index in [-0.39, 0.29) is 49.7 Å². The van der Waals surface area contributed by atoms with Crippen LogP contribution in [0.15, 0.2) is 97.1 Å². The van der Waals surface area contributed by atoms with E-state index in [0.29, 0.717) is 88.9 Å². The van der Waals surface area contributed by atoms with Crippen LogP contribution in [0.25, 0.3) is 22.5 Å². The van der Waals surface area contributed by atoms with E-state index in [1.807, 2.05) is 70.5 Å². The van der Waals surface area contributed by atoms with Gasteiger partial charge in [-0.2, -0.15) is 0 Å². The van der Waals surface area contributed by atoms with Crippen molar-refractivity contribution in [2.45, 2.75) is 32.9 Å². The first-order chi connectivity index (χ1) is 28.0. The number of carbonyl (C=O) groups excluding carboxylic acids is 3. The SMILES string of the molecule is CCOC(=O)CCN(Cc1ccccc1)c1nc(-c2ccc(Cl)c(Cl)c2)c(C=O)s1.O=Cc1sc(N(CCC(=O)O)Cc2ccccc2)nc1-c1ccc(Cl)c(Cl)c1.[Li+].[OH-]. The van der Waals surface area contributed by atoms with Gasteiger partial charge in [-0.25, -0.2) is 9.97 Å². The molecule has 6 aromatic rings. The van der Waals surface area contributed by atoms with E-state index in [0.717, 1.165) is 23.7 Å². The van der Waals surface area contributed by atoms with Crippen molar-refractivity contribution >= 4 is 104 Å². The molecule has 0 saturated carbocycles. The molecule has 60 heavy (non-hydrogen) atoms. The van der Waals surface area contributed by atoms with E-state index in [2.05, 4.69) is 4.98 Å². The van der Waals surface area contributed by atoms with Crippen LogP contribution in [0.3, 0.4) is 0 Å². The monoisotopic (exact) mass is 920 g/mol. The van der Waals surface area contributed by atoms with E-state index < -0.39 is 5.97 Å². The number of carboxylic acids is 1. The molecule has 0 aliphatic heterocycles. The number of rotatable bonds is 17. The maximum atomic E-state index is 11.9. The molecule has 4 aromatic carbocycles. The van der Waals surface area contributed by atoms with E-state index in [9.17, 15) is 19.2 Å². The zero-order valence-corrected chi connectivity index (χ0v) is 37.1. The average Bonchev–Trinajstić information content (AvgIpc) is 3.86. The molecule has 2 aromatic heterocycles. The first-order valence-electron chi connectivity index (χ1n) is 17.8. The number of hydrogen-bond acceptors (Lipinski definition) is 12. The fraction of sp³-hybridized carbons (Fsp3) is 0.190. The number of anilines is 2. The molecule has 308 valence electrons. The van der Waals surface area contributed by atoms with Crippen molar-refractivity contribution in [2.75, 3.05) is 29.5 Å². The number of aliphatic carboxylic acids is 1. The van der Waals surface area contributed by atoms with Crippen LogP contribution in [0.5, 0.6) is 0 Å². The van der Waals surface area contributed by atoms with Gasteiger partial charge in [0.1, 0.15) is 0 Å². The first kappa shape index (κ1) is 50.1. The molecule has 6 rings (SSSR count). The van der Waals surface area contributed by atoms with Gasteiger partial charge in [-0.1, -0.05) is 142 Å². The summed E-state index contributed by atoms with van der Waals surface area (Å²) in [5.41, 5.74) is 4.52. The number of halogens is 4. The predicted octanol–water partition coefficient (Wildman–Crippen LogP) is 8.13. The molecular formula is C42H37Cl4LiN4O7S2. The summed E-state index contributed by atoms with van der Waals surface area (Å²) in [7, 11) is 0. The minimum atomic E-state index is -0.894. The van der Waals surface area contributed by atoms with Crippen LogP contribution in [0.4, 0.5) is 10.3 Å². The van der Waals surface area contributed by atoms with E-state index in [4.69, 9.17) is 61.2 Å². The summed E-state index contributed by atoms with van der Waals surface area (Å²) in [4.78, 5) is 60.4. The second-order valence-corrected chi connectivity index (χ2v) is 16.1. The molecule has 2 N–H and O–H groups in total. The fourth-order valence-electron chi connectivity index (χ4n) is 5.55. The molecule has 18 heteroatoms. The van der Waals surface area contributed by atoms with Crippen molar-refractivity contribution in [1.82, 2.24) is 9.97 Å². The molecule has 11 nitrogen and oxygen atoms in total. The summed E-state index contributed by atoms with van der Waals surface area (Å²) in [6.45, 7) is 3.84. The Balaban J connectivity index is 0.000000311. The number of benzene rings is 4. The second kappa shape index (κ2) is 24.9. The van der Waals surface area contributed by atoms with Crippen molar-refractivity contribution in [2.24, 2.45) is 0 Å². The van der Waals surface area contributed by atoms with Gasteiger partial charge in [0.2, 0.25) is 0 Å². The number of esters is 1.